The van der Waals surface area contributed by atoms with Gasteiger partial charge < -0.3 is 29.0 Å². The Kier molecular flexibility index (Phi) is 8.26. The van der Waals surface area contributed by atoms with Crippen LogP contribution >= 0.6 is 0 Å². The first-order valence-electron chi connectivity index (χ1n) is 10.5. The number of carbonyl (C=O) groups excluding carboxylic acids is 3. The predicted octanol–water partition coefficient (Wildman–Crippen LogP) is 2.37. The molecule has 0 spiro atoms. The number of hydrogen-bond acceptors (Lipinski definition) is 7. The van der Waals surface area contributed by atoms with Gasteiger partial charge in [0, 0.05) is 13.0 Å². The van der Waals surface area contributed by atoms with Gasteiger partial charge in [0.05, 0.1) is 7.11 Å². The van der Waals surface area contributed by atoms with E-state index in [4.69, 9.17) is 14.2 Å². The quantitative estimate of drug-likeness (QED) is 0.208. The van der Waals surface area contributed by atoms with E-state index >= 15 is 0 Å². The van der Waals surface area contributed by atoms with Gasteiger partial charge in [0.25, 0.3) is 5.91 Å². The molecule has 2 amide bonds. The smallest absolute Gasteiger partial charge is 0.333 e. The Hall–Kier alpha value is -3.70. The van der Waals surface area contributed by atoms with Crippen LogP contribution in [0, 0.1) is 0 Å². The molecule has 3 aliphatic rings. The second-order valence-corrected chi connectivity index (χ2v) is 8.91. The average Bonchev–Trinajstić information content (AvgIpc) is 2.81. The summed E-state index contributed by atoms with van der Waals surface area (Å²) in [5.74, 6) is 0.654. The molecule has 2 N–H and O–H groups in total. The molecule has 1 fully saturated rings. The number of fused-ring (bicyclic) bond motifs is 2. The molecule has 0 aliphatic carbocycles. The Morgan fingerprint density at radius 1 is 1.20 bits per heavy atom. The van der Waals surface area contributed by atoms with Gasteiger partial charge in [0.15, 0.2) is 22.5 Å². The fourth-order valence-electron chi connectivity index (χ4n) is 3.51. The third-order valence-corrected chi connectivity index (χ3v) is 6.11. The minimum Gasteiger partial charge on any atom is -0.497 e. The van der Waals surface area contributed by atoms with Gasteiger partial charge in [-0.2, -0.15) is 0 Å². The third-order valence-electron chi connectivity index (χ3n) is 5.19. The maximum absolute atomic E-state index is 12.6. The molecule has 11 heteroatoms. The highest BCUT2D eigenvalue weighted by Gasteiger charge is 2.56. The van der Waals surface area contributed by atoms with Crippen molar-refractivity contribution >= 4 is 28.9 Å². The number of nitrogens with one attached hydrogen (secondary N) is 1. The molecule has 186 valence electrons. The zero-order chi connectivity index (χ0) is 25.7. The first-order valence-corrected chi connectivity index (χ1v) is 11.7. The zero-order valence-electron chi connectivity index (χ0n) is 19.4. The van der Waals surface area contributed by atoms with E-state index in [1.807, 2.05) is 24.3 Å². The molecule has 3 aliphatic heterocycles. The normalized spacial score (nSPS) is 18.9. The number of rotatable bonds is 8. The number of benzene rings is 2. The highest BCUT2D eigenvalue weighted by molar-refractivity contribution is 7.80. The Morgan fingerprint density at radius 3 is 2.20 bits per heavy atom. The zero-order valence-corrected chi connectivity index (χ0v) is 20.2. The number of likely N-dealkylation sites (tertiary alicyclic amines) is 1. The molecule has 2 aromatic rings. The molecule has 0 aromatic heterocycles. The van der Waals surface area contributed by atoms with E-state index in [2.05, 4.69) is 11.9 Å². The van der Waals surface area contributed by atoms with Crippen molar-refractivity contribution in [3.05, 3.63) is 66.2 Å². The van der Waals surface area contributed by atoms with Crippen molar-refractivity contribution in [2.75, 3.05) is 7.11 Å². The standard InChI is InChI=1S/C18H22N2O7S.C6H4O/c1-10(2)15(18(23)27-9-12-5-7-13(26-4)8-6-12)20-16(22)14(19-11(3)21)17(20)28(24)25;1-2-5-4-6(3-1)7-5/h5-8,14-15,17H,1,9H2,2-4H3,(H,19,21)(H,24,25);1-4H. The van der Waals surface area contributed by atoms with Crippen molar-refractivity contribution in [1.82, 2.24) is 10.2 Å². The summed E-state index contributed by atoms with van der Waals surface area (Å²) in [5.41, 5.74) is 0.966. The summed E-state index contributed by atoms with van der Waals surface area (Å²) >= 11 is -2.49. The molecule has 5 rings (SSSR count). The molecule has 35 heavy (non-hydrogen) atoms. The summed E-state index contributed by atoms with van der Waals surface area (Å²) in [6.45, 7) is 6.33. The number of amides is 2. The number of ether oxygens (including phenoxy) is 3. The molecule has 1 saturated heterocycles. The second-order valence-electron chi connectivity index (χ2n) is 7.87. The molecular formula is C24H26N2O8S. The third kappa shape index (κ3) is 6.06. The van der Waals surface area contributed by atoms with Crippen LogP contribution in [-0.2, 0) is 36.8 Å². The number of esters is 1. The Balaban J connectivity index is 0.000000410. The summed E-state index contributed by atoms with van der Waals surface area (Å²) in [7, 11) is 1.53. The van der Waals surface area contributed by atoms with Crippen LogP contribution in [0.5, 0.6) is 17.2 Å². The molecule has 10 nitrogen and oxygen atoms in total. The van der Waals surface area contributed by atoms with Crippen LogP contribution in [0.3, 0.4) is 0 Å². The van der Waals surface area contributed by atoms with Gasteiger partial charge >= 0.3 is 5.97 Å². The van der Waals surface area contributed by atoms with Crippen molar-refractivity contribution in [2.24, 2.45) is 0 Å². The van der Waals surface area contributed by atoms with E-state index in [-0.39, 0.29) is 12.2 Å². The van der Waals surface area contributed by atoms with Gasteiger partial charge in [-0.3, -0.25) is 9.59 Å². The van der Waals surface area contributed by atoms with E-state index in [9.17, 15) is 23.1 Å². The molecule has 3 heterocycles. The highest BCUT2D eigenvalue weighted by atomic mass is 32.2. The maximum Gasteiger partial charge on any atom is 0.333 e. The van der Waals surface area contributed by atoms with Crippen LogP contribution in [0.25, 0.3) is 0 Å². The number of methoxy groups -OCH3 is 1. The predicted molar refractivity (Wildman–Crippen MR) is 127 cm³/mol. The SMILES string of the molecule is C=C(C)C(C(=O)OCc1ccc(OC)cc1)N1C(=O)C(NC(C)=O)C1S(=O)O.c1cc2cc(c1)O2. The van der Waals surface area contributed by atoms with Crippen molar-refractivity contribution in [3.63, 3.8) is 0 Å². The van der Waals surface area contributed by atoms with Gasteiger partial charge in [-0.25, -0.2) is 9.00 Å². The van der Waals surface area contributed by atoms with Crippen LogP contribution in [0.4, 0.5) is 0 Å². The van der Waals surface area contributed by atoms with Crippen molar-refractivity contribution in [2.45, 2.75) is 37.9 Å². The summed E-state index contributed by atoms with van der Waals surface area (Å²) in [6.07, 6.45) is 0. The minimum absolute atomic E-state index is 0.0589. The molecular weight excluding hydrogens is 476 g/mol. The van der Waals surface area contributed by atoms with Gasteiger partial charge in [0.2, 0.25) is 5.91 Å². The van der Waals surface area contributed by atoms with E-state index in [1.165, 1.54) is 21.0 Å². The van der Waals surface area contributed by atoms with E-state index in [0.717, 1.165) is 16.4 Å². The van der Waals surface area contributed by atoms with Crippen LogP contribution in [0.15, 0.2) is 60.7 Å². The van der Waals surface area contributed by atoms with Crippen LogP contribution < -0.4 is 14.8 Å². The molecule has 2 bridgehead atoms. The lowest BCUT2D eigenvalue weighted by molar-refractivity contribution is -0.164. The van der Waals surface area contributed by atoms with E-state index in [1.54, 1.807) is 24.3 Å². The molecule has 2 aromatic carbocycles. The first-order chi connectivity index (χ1) is 16.6. The molecule has 4 unspecified atom stereocenters. The van der Waals surface area contributed by atoms with Gasteiger partial charge in [-0.15, -0.1) is 0 Å². The molecule has 4 atom stereocenters. The fourth-order valence-corrected chi connectivity index (χ4v) is 4.35. The molecule has 0 radical (unpaired) electrons. The monoisotopic (exact) mass is 502 g/mol. The lowest BCUT2D eigenvalue weighted by Crippen LogP contribution is -2.75. The summed E-state index contributed by atoms with van der Waals surface area (Å²) < 4.78 is 36.6. The maximum atomic E-state index is 12.6. The van der Waals surface area contributed by atoms with Gasteiger partial charge in [0.1, 0.15) is 29.9 Å². The lowest BCUT2D eigenvalue weighted by Gasteiger charge is -2.47. The topological polar surface area (TPSA) is 131 Å². The van der Waals surface area contributed by atoms with E-state index < -0.39 is 46.3 Å². The van der Waals surface area contributed by atoms with Crippen LogP contribution in [0.2, 0.25) is 0 Å². The Labute approximate surface area is 205 Å². The largest absolute Gasteiger partial charge is 0.497 e. The lowest BCUT2D eigenvalue weighted by atomic mass is 9.99. The fraction of sp³-hybridized carbons (Fsp3) is 0.292. The van der Waals surface area contributed by atoms with E-state index in [0.29, 0.717) is 11.3 Å². The minimum atomic E-state index is -2.49. The number of nitrogens with zero attached hydrogens (tertiary/aromatic N) is 1. The second kappa shape index (κ2) is 11.2. The van der Waals surface area contributed by atoms with Gasteiger partial charge in [-0.05, 0) is 42.3 Å². The highest BCUT2D eigenvalue weighted by Crippen LogP contribution is 2.33. The van der Waals surface area contributed by atoms with Gasteiger partial charge in [-0.1, -0.05) is 24.8 Å². The average molecular weight is 503 g/mol. The number of carbonyl (C=O) groups is 3. The summed E-state index contributed by atoms with van der Waals surface area (Å²) in [6, 6.07) is 12.3. The van der Waals surface area contributed by atoms with Crippen molar-refractivity contribution < 1.29 is 37.4 Å². The summed E-state index contributed by atoms with van der Waals surface area (Å²) in [5, 5.41) is 1.04. The molecule has 0 saturated carbocycles. The Morgan fingerprint density at radius 2 is 1.80 bits per heavy atom. The van der Waals surface area contributed by atoms with Crippen molar-refractivity contribution in [3.8, 4) is 17.2 Å². The summed E-state index contributed by atoms with van der Waals surface area (Å²) in [4.78, 5) is 37.2. The first kappa shape index (κ1) is 25.9. The number of hydrogen-bond donors (Lipinski definition) is 2. The number of β-lactam (4-membered cyclic amide) rings is 1. The van der Waals surface area contributed by atoms with Crippen LogP contribution in [-0.4, -0.2) is 56.0 Å². The van der Waals surface area contributed by atoms with Crippen molar-refractivity contribution in [1.29, 1.82) is 0 Å². The van der Waals surface area contributed by atoms with Crippen LogP contribution in [0.1, 0.15) is 19.4 Å². The Bertz CT molecular complexity index is 1130.